The maximum absolute atomic E-state index is 12.3. The molecule has 5 heteroatoms. The molecule has 3 rings (SSSR count). The lowest BCUT2D eigenvalue weighted by Crippen LogP contribution is -2.40. The first-order valence-electron chi connectivity index (χ1n) is 10.8. The van der Waals surface area contributed by atoms with E-state index in [2.05, 4.69) is 15.2 Å². The highest BCUT2D eigenvalue weighted by molar-refractivity contribution is 5.76. The third-order valence-electron chi connectivity index (χ3n) is 6.23. The number of aliphatic hydroxyl groups is 1. The van der Waals surface area contributed by atoms with Crippen molar-refractivity contribution in [2.45, 2.75) is 76.4 Å². The van der Waals surface area contributed by atoms with Gasteiger partial charge in [-0.05, 0) is 56.3 Å². The molecule has 27 heavy (non-hydrogen) atoms. The summed E-state index contributed by atoms with van der Waals surface area (Å²) in [5, 5.41) is 13.8. The fourth-order valence-electron chi connectivity index (χ4n) is 4.48. The number of hydrogen-bond donors (Lipinski definition) is 2. The molecule has 2 N–H and O–H groups in total. The number of nitrogens with one attached hydrogen (secondary N) is 1. The number of pyridine rings is 1. The molecule has 2 heterocycles. The smallest absolute Gasteiger partial charge is 0.221 e. The summed E-state index contributed by atoms with van der Waals surface area (Å²) < 4.78 is 0. The highest BCUT2D eigenvalue weighted by Gasteiger charge is 2.26. The van der Waals surface area contributed by atoms with Crippen LogP contribution in [0.2, 0.25) is 0 Å². The Kier molecular flexibility index (Phi) is 8.09. The molecule has 1 amide bonds. The Bertz CT molecular complexity index is 550. The quantitative estimate of drug-likeness (QED) is 0.802. The molecule has 0 aromatic carbocycles. The zero-order chi connectivity index (χ0) is 18.9. The largest absolute Gasteiger partial charge is 0.388 e. The van der Waals surface area contributed by atoms with Crippen molar-refractivity contribution in [3.8, 4) is 0 Å². The van der Waals surface area contributed by atoms with Crippen molar-refractivity contribution < 1.29 is 9.90 Å². The van der Waals surface area contributed by atoms with Gasteiger partial charge in [0.05, 0.1) is 6.10 Å². The molecule has 1 atom stereocenters. The summed E-state index contributed by atoms with van der Waals surface area (Å²) in [7, 11) is 0. The van der Waals surface area contributed by atoms with E-state index >= 15 is 0 Å². The summed E-state index contributed by atoms with van der Waals surface area (Å²) in [6.07, 6.45) is 14.4. The number of aliphatic hydroxyl groups excluding tert-OH is 1. The van der Waals surface area contributed by atoms with Gasteiger partial charge in [-0.15, -0.1) is 0 Å². The first-order valence-corrected chi connectivity index (χ1v) is 10.8. The highest BCUT2D eigenvalue weighted by Crippen LogP contribution is 2.30. The molecule has 5 nitrogen and oxygen atoms in total. The Morgan fingerprint density at radius 1 is 1.15 bits per heavy atom. The third-order valence-corrected chi connectivity index (χ3v) is 6.23. The Morgan fingerprint density at radius 2 is 1.85 bits per heavy atom. The van der Waals surface area contributed by atoms with Crippen LogP contribution in [0.1, 0.15) is 75.9 Å². The third kappa shape index (κ3) is 6.58. The van der Waals surface area contributed by atoms with Crippen LogP contribution in [0.5, 0.6) is 0 Å². The molecule has 1 saturated carbocycles. The van der Waals surface area contributed by atoms with E-state index in [9.17, 15) is 9.90 Å². The summed E-state index contributed by atoms with van der Waals surface area (Å²) in [6.45, 7) is 2.74. The molecular formula is C22H35N3O2. The molecule has 0 spiro atoms. The number of likely N-dealkylation sites (tertiary alicyclic amines) is 1. The lowest BCUT2D eigenvalue weighted by molar-refractivity contribution is -0.122. The maximum Gasteiger partial charge on any atom is 0.221 e. The van der Waals surface area contributed by atoms with Crippen molar-refractivity contribution in [2.24, 2.45) is 5.92 Å². The van der Waals surface area contributed by atoms with Gasteiger partial charge in [-0.25, -0.2) is 0 Å². The fraction of sp³-hybridized carbons (Fsp3) is 0.727. The fourth-order valence-corrected chi connectivity index (χ4v) is 4.48. The van der Waals surface area contributed by atoms with Gasteiger partial charge < -0.3 is 15.3 Å². The number of hydrogen-bond acceptors (Lipinski definition) is 4. The maximum atomic E-state index is 12.3. The monoisotopic (exact) mass is 373 g/mol. The van der Waals surface area contributed by atoms with Crippen molar-refractivity contribution in [3.63, 3.8) is 0 Å². The van der Waals surface area contributed by atoms with Gasteiger partial charge in [0, 0.05) is 31.4 Å². The number of rotatable bonds is 6. The molecule has 2 fully saturated rings. The minimum absolute atomic E-state index is 0.207. The molecule has 1 aliphatic carbocycles. The highest BCUT2D eigenvalue weighted by atomic mass is 16.3. The van der Waals surface area contributed by atoms with E-state index < -0.39 is 6.10 Å². The van der Waals surface area contributed by atoms with Crippen LogP contribution in [0.25, 0.3) is 0 Å². The molecule has 2 aliphatic rings. The van der Waals surface area contributed by atoms with E-state index in [1.165, 1.54) is 32.1 Å². The Morgan fingerprint density at radius 3 is 2.52 bits per heavy atom. The molecule has 1 saturated heterocycles. The van der Waals surface area contributed by atoms with Crippen LogP contribution in [-0.4, -0.2) is 46.6 Å². The number of carbonyl (C=O) groups is 1. The van der Waals surface area contributed by atoms with Gasteiger partial charge in [-0.3, -0.25) is 9.78 Å². The molecule has 1 aliphatic heterocycles. The van der Waals surface area contributed by atoms with Crippen LogP contribution in [0.3, 0.4) is 0 Å². The minimum atomic E-state index is -0.427. The topological polar surface area (TPSA) is 65.5 Å². The van der Waals surface area contributed by atoms with E-state index in [0.717, 1.165) is 50.9 Å². The second kappa shape index (κ2) is 10.8. The Labute approximate surface area is 163 Å². The van der Waals surface area contributed by atoms with E-state index in [0.29, 0.717) is 12.5 Å². The predicted octanol–water partition coefficient (Wildman–Crippen LogP) is 3.45. The minimum Gasteiger partial charge on any atom is -0.388 e. The lowest BCUT2D eigenvalue weighted by Gasteiger charge is -2.34. The van der Waals surface area contributed by atoms with Gasteiger partial charge in [0.15, 0.2) is 0 Å². The summed E-state index contributed by atoms with van der Waals surface area (Å²) in [4.78, 5) is 18.8. The van der Waals surface area contributed by atoms with Gasteiger partial charge in [-0.1, -0.05) is 38.2 Å². The number of nitrogens with zero attached hydrogens (tertiary/aromatic N) is 2. The number of carbonyl (C=O) groups excluding carboxylic acids is 1. The SMILES string of the molecule is O=C(CCN1CCC([C@@H](O)c2cccnc2)CC1)NC1CCCCCCC1. The molecule has 1 aromatic rings. The first-order chi connectivity index (χ1) is 13.2. The molecular weight excluding hydrogens is 338 g/mol. The lowest BCUT2D eigenvalue weighted by atomic mass is 9.88. The Hall–Kier alpha value is -1.46. The predicted molar refractivity (Wildman–Crippen MR) is 107 cm³/mol. The standard InChI is InChI=1S/C22H35N3O2/c26-21(24-20-8-4-2-1-3-5-9-20)12-16-25-14-10-18(11-15-25)22(27)19-7-6-13-23-17-19/h6-7,13,17-18,20,22,27H,1-5,8-12,14-16H2,(H,24,26)/t22-/m1/s1. The van der Waals surface area contributed by atoms with Gasteiger partial charge in [0.2, 0.25) is 5.91 Å². The zero-order valence-corrected chi connectivity index (χ0v) is 16.5. The van der Waals surface area contributed by atoms with Crippen LogP contribution in [-0.2, 0) is 4.79 Å². The number of piperidine rings is 1. The van der Waals surface area contributed by atoms with Crippen LogP contribution in [0.4, 0.5) is 0 Å². The van der Waals surface area contributed by atoms with Crippen LogP contribution in [0, 0.1) is 5.92 Å². The van der Waals surface area contributed by atoms with Gasteiger partial charge in [0.1, 0.15) is 0 Å². The normalized spacial score (nSPS) is 22.0. The number of aromatic nitrogens is 1. The average Bonchev–Trinajstić information content (AvgIpc) is 2.69. The molecule has 0 radical (unpaired) electrons. The zero-order valence-electron chi connectivity index (χ0n) is 16.5. The van der Waals surface area contributed by atoms with Crippen LogP contribution < -0.4 is 5.32 Å². The van der Waals surface area contributed by atoms with E-state index in [4.69, 9.17) is 0 Å². The molecule has 0 bridgehead atoms. The summed E-state index contributed by atoms with van der Waals surface area (Å²) >= 11 is 0. The second-order valence-corrected chi connectivity index (χ2v) is 8.27. The van der Waals surface area contributed by atoms with Gasteiger partial charge in [0.25, 0.3) is 0 Å². The van der Waals surface area contributed by atoms with Gasteiger partial charge in [-0.2, -0.15) is 0 Å². The molecule has 1 aromatic heterocycles. The summed E-state index contributed by atoms with van der Waals surface area (Å²) in [5.74, 6) is 0.493. The van der Waals surface area contributed by atoms with Gasteiger partial charge >= 0.3 is 0 Å². The van der Waals surface area contributed by atoms with E-state index in [-0.39, 0.29) is 11.8 Å². The first kappa shape index (κ1) is 20.3. The second-order valence-electron chi connectivity index (χ2n) is 8.27. The average molecular weight is 374 g/mol. The van der Waals surface area contributed by atoms with Crippen molar-refractivity contribution in [3.05, 3.63) is 30.1 Å². The van der Waals surface area contributed by atoms with Crippen molar-refractivity contribution in [2.75, 3.05) is 19.6 Å². The van der Waals surface area contributed by atoms with Crippen LogP contribution in [0.15, 0.2) is 24.5 Å². The van der Waals surface area contributed by atoms with Crippen molar-refractivity contribution in [1.29, 1.82) is 0 Å². The van der Waals surface area contributed by atoms with Crippen LogP contribution >= 0.6 is 0 Å². The van der Waals surface area contributed by atoms with E-state index in [1.54, 1.807) is 12.4 Å². The molecule has 150 valence electrons. The molecule has 0 unspecified atom stereocenters. The Balaban J connectivity index is 1.34. The van der Waals surface area contributed by atoms with E-state index in [1.807, 2.05) is 12.1 Å². The number of amides is 1. The summed E-state index contributed by atoms with van der Waals surface area (Å²) in [6, 6.07) is 4.21. The van der Waals surface area contributed by atoms with Crippen molar-refractivity contribution >= 4 is 5.91 Å². The van der Waals surface area contributed by atoms with Crippen molar-refractivity contribution in [1.82, 2.24) is 15.2 Å². The summed E-state index contributed by atoms with van der Waals surface area (Å²) in [5.41, 5.74) is 0.912.